The molecular formula is C14H13FN4O5. The minimum absolute atomic E-state index is 0.136. The topological polar surface area (TPSA) is 125 Å². The SMILES string of the molecule is COC(=O)N(Cc1ncc(C(=O)NO)cc1F)c1ncccc1O. The van der Waals surface area contributed by atoms with Crippen LogP contribution >= 0.6 is 0 Å². The van der Waals surface area contributed by atoms with Crippen molar-refractivity contribution in [1.29, 1.82) is 0 Å². The van der Waals surface area contributed by atoms with E-state index in [1.807, 2.05) is 0 Å². The molecule has 10 heteroatoms. The lowest BCUT2D eigenvalue weighted by Gasteiger charge is -2.20. The summed E-state index contributed by atoms with van der Waals surface area (Å²) in [4.78, 5) is 31.6. The van der Waals surface area contributed by atoms with Gasteiger partial charge in [-0.15, -0.1) is 0 Å². The summed E-state index contributed by atoms with van der Waals surface area (Å²) < 4.78 is 18.7. The van der Waals surface area contributed by atoms with Crippen molar-refractivity contribution in [2.45, 2.75) is 6.54 Å². The van der Waals surface area contributed by atoms with Gasteiger partial charge < -0.3 is 9.84 Å². The lowest BCUT2D eigenvalue weighted by atomic mass is 10.2. The van der Waals surface area contributed by atoms with E-state index < -0.39 is 24.4 Å². The van der Waals surface area contributed by atoms with Crippen LogP contribution in [-0.2, 0) is 11.3 Å². The van der Waals surface area contributed by atoms with Crippen LogP contribution < -0.4 is 10.4 Å². The summed E-state index contributed by atoms with van der Waals surface area (Å²) >= 11 is 0. The highest BCUT2D eigenvalue weighted by Gasteiger charge is 2.23. The standard InChI is InChI=1S/C14H13FN4O5/c1-24-14(22)19(12-11(20)3-2-4-16-12)7-10-9(15)5-8(6-17-10)13(21)18-23/h2-6,20,23H,7H2,1H3,(H,18,21). The summed E-state index contributed by atoms with van der Waals surface area (Å²) in [6.45, 7) is -0.399. The van der Waals surface area contributed by atoms with E-state index in [-0.39, 0.29) is 22.8 Å². The Hall–Kier alpha value is -3.27. The zero-order valence-corrected chi connectivity index (χ0v) is 12.4. The number of halogens is 1. The van der Waals surface area contributed by atoms with Gasteiger partial charge in [-0.25, -0.2) is 19.6 Å². The molecular weight excluding hydrogens is 323 g/mol. The Labute approximate surface area is 135 Å². The fraction of sp³-hybridized carbons (Fsp3) is 0.143. The third kappa shape index (κ3) is 3.55. The average Bonchev–Trinajstić information content (AvgIpc) is 2.60. The summed E-state index contributed by atoms with van der Waals surface area (Å²) in [7, 11) is 1.12. The molecule has 0 fully saturated rings. The minimum Gasteiger partial charge on any atom is -0.504 e. The lowest BCUT2D eigenvalue weighted by Crippen LogP contribution is -2.32. The number of aromatic hydroxyl groups is 1. The maximum absolute atomic E-state index is 14.1. The molecule has 0 aliphatic heterocycles. The first-order valence-corrected chi connectivity index (χ1v) is 6.56. The number of carbonyl (C=O) groups excluding carboxylic acids is 2. The van der Waals surface area contributed by atoms with Gasteiger partial charge in [-0.2, -0.15) is 0 Å². The van der Waals surface area contributed by atoms with Gasteiger partial charge in [-0.05, 0) is 18.2 Å². The quantitative estimate of drug-likeness (QED) is 0.566. The number of aromatic nitrogens is 2. The van der Waals surface area contributed by atoms with Gasteiger partial charge in [0.15, 0.2) is 11.6 Å². The Morgan fingerprint density at radius 3 is 2.75 bits per heavy atom. The Kier molecular flexibility index (Phi) is 5.22. The van der Waals surface area contributed by atoms with Crippen molar-refractivity contribution >= 4 is 17.8 Å². The smallest absolute Gasteiger partial charge is 0.415 e. The predicted molar refractivity (Wildman–Crippen MR) is 77.9 cm³/mol. The van der Waals surface area contributed by atoms with Crippen molar-refractivity contribution in [2.75, 3.05) is 12.0 Å². The summed E-state index contributed by atoms with van der Waals surface area (Å²) in [5.74, 6) is -2.26. The average molecular weight is 336 g/mol. The Morgan fingerprint density at radius 1 is 1.42 bits per heavy atom. The molecule has 9 nitrogen and oxygen atoms in total. The number of amides is 2. The number of rotatable bonds is 4. The van der Waals surface area contributed by atoms with Crippen molar-refractivity contribution in [3.8, 4) is 5.75 Å². The maximum Gasteiger partial charge on any atom is 0.415 e. The van der Waals surface area contributed by atoms with Gasteiger partial charge in [0.25, 0.3) is 5.91 Å². The van der Waals surface area contributed by atoms with Gasteiger partial charge in [0.2, 0.25) is 0 Å². The highest BCUT2D eigenvalue weighted by molar-refractivity contribution is 5.93. The molecule has 0 aromatic carbocycles. The first-order chi connectivity index (χ1) is 11.5. The molecule has 24 heavy (non-hydrogen) atoms. The predicted octanol–water partition coefficient (Wildman–Crippen LogP) is 1.21. The van der Waals surface area contributed by atoms with E-state index in [1.165, 1.54) is 23.8 Å². The molecule has 2 amide bonds. The van der Waals surface area contributed by atoms with E-state index in [0.717, 1.165) is 24.3 Å². The second-order valence-electron chi connectivity index (χ2n) is 4.50. The normalized spacial score (nSPS) is 10.1. The van der Waals surface area contributed by atoms with Crippen LogP contribution in [0.15, 0.2) is 30.6 Å². The first kappa shape index (κ1) is 17.1. The third-order valence-electron chi connectivity index (χ3n) is 3.01. The second kappa shape index (κ2) is 7.33. The molecule has 0 atom stereocenters. The Balaban J connectivity index is 2.36. The van der Waals surface area contributed by atoms with Crippen molar-refractivity contribution in [3.63, 3.8) is 0 Å². The molecule has 0 unspecified atom stereocenters. The number of methoxy groups -OCH3 is 1. The molecule has 0 spiro atoms. The summed E-state index contributed by atoms with van der Waals surface area (Å²) in [6.07, 6.45) is 1.48. The lowest BCUT2D eigenvalue weighted by molar-refractivity contribution is 0.0705. The van der Waals surface area contributed by atoms with Gasteiger partial charge in [0.1, 0.15) is 5.82 Å². The molecule has 2 aromatic heterocycles. The molecule has 2 heterocycles. The monoisotopic (exact) mass is 336 g/mol. The van der Waals surface area contributed by atoms with E-state index in [9.17, 15) is 19.1 Å². The molecule has 0 saturated heterocycles. The second-order valence-corrected chi connectivity index (χ2v) is 4.50. The fourth-order valence-corrected chi connectivity index (χ4v) is 1.85. The minimum atomic E-state index is -0.930. The van der Waals surface area contributed by atoms with Crippen LogP contribution in [0.2, 0.25) is 0 Å². The van der Waals surface area contributed by atoms with Crippen molar-refractivity contribution in [1.82, 2.24) is 15.4 Å². The molecule has 2 aromatic rings. The Bertz CT molecular complexity index is 771. The largest absolute Gasteiger partial charge is 0.504 e. The van der Waals surface area contributed by atoms with E-state index in [0.29, 0.717) is 0 Å². The van der Waals surface area contributed by atoms with Crippen LogP contribution in [0.5, 0.6) is 5.75 Å². The number of pyridine rings is 2. The number of nitrogens with zero attached hydrogens (tertiary/aromatic N) is 3. The number of nitrogens with one attached hydrogen (secondary N) is 1. The highest BCUT2D eigenvalue weighted by atomic mass is 19.1. The van der Waals surface area contributed by atoms with Crippen LogP contribution in [-0.4, -0.2) is 39.4 Å². The summed E-state index contributed by atoms with van der Waals surface area (Å²) in [5, 5.41) is 18.3. The number of anilines is 1. The molecule has 126 valence electrons. The zero-order valence-electron chi connectivity index (χ0n) is 12.4. The van der Waals surface area contributed by atoms with Gasteiger partial charge in [-0.3, -0.25) is 19.9 Å². The van der Waals surface area contributed by atoms with Gasteiger partial charge in [0, 0.05) is 12.4 Å². The van der Waals surface area contributed by atoms with Gasteiger partial charge >= 0.3 is 6.09 Å². The van der Waals surface area contributed by atoms with Crippen LogP contribution in [0.4, 0.5) is 15.0 Å². The fourth-order valence-electron chi connectivity index (χ4n) is 1.85. The Morgan fingerprint density at radius 2 is 2.17 bits per heavy atom. The van der Waals surface area contributed by atoms with E-state index >= 15 is 0 Å². The van der Waals surface area contributed by atoms with E-state index in [1.54, 1.807) is 0 Å². The summed E-state index contributed by atoms with van der Waals surface area (Å²) in [6, 6.07) is 3.60. The van der Waals surface area contributed by atoms with Crippen molar-refractivity contribution in [3.05, 3.63) is 47.7 Å². The van der Waals surface area contributed by atoms with Crippen LogP contribution in [0.3, 0.4) is 0 Å². The third-order valence-corrected chi connectivity index (χ3v) is 3.01. The molecule has 0 radical (unpaired) electrons. The number of carbonyl (C=O) groups is 2. The van der Waals surface area contributed by atoms with Crippen molar-refractivity contribution in [2.24, 2.45) is 0 Å². The van der Waals surface area contributed by atoms with E-state index in [4.69, 9.17) is 5.21 Å². The van der Waals surface area contributed by atoms with Crippen LogP contribution in [0, 0.1) is 5.82 Å². The zero-order chi connectivity index (χ0) is 17.7. The number of hydrogen-bond donors (Lipinski definition) is 3. The van der Waals surface area contributed by atoms with Gasteiger partial charge in [-0.1, -0.05) is 0 Å². The van der Waals surface area contributed by atoms with Gasteiger partial charge in [0.05, 0.1) is 24.9 Å². The van der Waals surface area contributed by atoms with Crippen molar-refractivity contribution < 1.29 is 29.0 Å². The summed E-state index contributed by atoms with van der Waals surface area (Å²) in [5.41, 5.74) is 0.957. The first-order valence-electron chi connectivity index (χ1n) is 6.56. The maximum atomic E-state index is 14.1. The van der Waals surface area contributed by atoms with Crippen LogP contribution in [0.25, 0.3) is 0 Å². The molecule has 0 aliphatic rings. The van der Waals surface area contributed by atoms with Crippen LogP contribution in [0.1, 0.15) is 16.1 Å². The molecule has 0 saturated carbocycles. The molecule has 0 bridgehead atoms. The molecule has 3 N–H and O–H groups in total. The number of hydrogen-bond acceptors (Lipinski definition) is 7. The number of hydroxylamine groups is 1. The molecule has 0 aliphatic carbocycles. The number of ether oxygens (including phenoxy) is 1. The van der Waals surface area contributed by atoms with E-state index in [2.05, 4.69) is 14.7 Å². The highest BCUT2D eigenvalue weighted by Crippen LogP contribution is 2.26. The molecule has 2 rings (SSSR count).